The summed E-state index contributed by atoms with van der Waals surface area (Å²) in [6.07, 6.45) is 0.636. The monoisotopic (exact) mass is 335 g/mol. The molecular weight excluding hydrogens is 326 g/mol. The van der Waals surface area contributed by atoms with Gasteiger partial charge in [-0.15, -0.1) is 10.2 Å². The van der Waals surface area contributed by atoms with E-state index in [2.05, 4.69) is 14.9 Å². The Kier molecular flexibility index (Phi) is 3.87. The largest absolute Gasteiger partial charge is 0.385 e. The number of sulfonamides is 1. The molecule has 12 heteroatoms. The van der Waals surface area contributed by atoms with Gasteiger partial charge in [-0.1, -0.05) is 29.6 Å². The second-order valence-electron chi connectivity index (χ2n) is 3.53. The van der Waals surface area contributed by atoms with Crippen molar-refractivity contribution in [1.29, 1.82) is 0 Å². The number of nitrogens with two attached hydrogens (primary N) is 1. The molecule has 0 aromatic carbocycles. The first-order chi connectivity index (χ1) is 9.33. The smallest absolute Gasteiger partial charge is 0.304 e. The van der Waals surface area contributed by atoms with Gasteiger partial charge in [0.1, 0.15) is 9.22 Å². The van der Waals surface area contributed by atoms with E-state index in [0.29, 0.717) is 22.8 Å². The van der Waals surface area contributed by atoms with Gasteiger partial charge in [0.15, 0.2) is 5.00 Å². The highest BCUT2D eigenvalue weighted by Gasteiger charge is 2.25. The number of aryl methyl sites for hydroxylation is 1. The molecular formula is C8H9N5O4S3. The zero-order chi connectivity index (χ0) is 14.9. The first kappa shape index (κ1) is 14.6. The minimum Gasteiger partial charge on any atom is -0.385 e. The van der Waals surface area contributed by atoms with Gasteiger partial charge in [-0.25, -0.2) is 8.42 Å². The molecule has 2 aromatic heterocycles. The van der Waals surface area contributed by atoms with Gasteiger partial charge in [0.2, 0.25) is 5.13 Å². The van der Waals surface area contributed by atoms with Crippen LogP contribution in [0.3, 0.4) is 0 Å². The molecule has 20 heavy (non-hydrogen) atoms. The van der Waals surface area contributed by atoms with E-state index in [0.717, 1.165) is 17.4 Å². The molecule has 108 valence electrons. The predicted octanol–water partition coefficient (Wildman–Crippen LogP) is 1.45. The van der Waals surface area contributed by atoms with Crippen LogP contribution in [0.15, 0.2) is 10.3 Å². The number of nitro groups is 1. The molecule has 0 aliphatic heterocycles. The van der Waals surface area contributed by atoms with Gasteiger partial charge in [0.25, 0.3) is 10.0 Å². The molecule has 0 fully saturated rings. The van der Waals surface area contributed by atoms with Crippen LogP contribution in [-0.2, 0) is 16.4 Å². The number of aromatic nitrogens is 2. The van der Waals surface area contributed by atoms with Crippen LogP contribution in [0.2, 0.25) is 0 Å². The summed E-state index contributed by atoms with van der Waals surface area (Å²) in [7, 11) is -3.95. The lowest BCUT2D eigenvalue weighted by atomic mass is 10.5. The number of nitrogens with zero attached hydrogens (tertiary/aromatic N) is 3. The number of hydrogen-bond donors (Lipinski definition) is 2. The second kappa shape index (κ2) is 5.30. The molecule has 0 amide bonds. The van der Waals surface area contributed by atoms with Gasteiger partial charge in [-0.3, -0.25) is 14.8 Å². The van der Waals surface area contributed by atoms with Crippen molar-refractivity contribution >= 4 is 48.5 Å². The minimum absolute atomic E-state index is 0.108. The molecule has 0 atom stereocenters. The molecule has 0 bridgehead atoms. The normalized spacial score (nSPS) is 11.4. The third kappa shape index (κ3) is 2.86. The fraction of sp³-hybridized carbons (Fsp3) is 0.250. The molecule has 3 N–H and O–H groups in total. The van der Waals surface area contributed by atoms with E-state index < -0.39 is 20.6 Å². The highest BCUT2D eigenvalue weighted by molar-refractivity contribution is 7.95. The Hall–Kier alpha value is -1.79. The molecule has 0 aliphatic rings. The standard InChI is InChI=1S/C8H9N5O4S3/c1-2-5-10-11-8(18-5)12-20(16,17)6-3-4(13(14)15)7(9)19-6/h3H,2,9H2,1H3,(H,11,12). The van der Waals surface area contributed by atoms with Gasteiger partial charge in [0.05, 0.1) is 4.92 Å². The number of nitrogen functional groups attached to an aromatic ring is 1. The van der Waals surface area contributed by atoms with Crippen molar-refractivity contribution in [2.75, 3.05) is 10.5 Å². The van der Waals surface area contributed by atoms with Gasteiger partial charge >= 0.3 is 5.69 Å². The highest BCUT2D eigenvalue weighted by Crippen LogP contribution is 2.35. The first-order valence-electron chi connectivity index (χ1n) is 5.22. The molecule has 0 unspecified atom stereocenters. The third-order valence-corrected chi connectivity index (χ3v) is 6.05. The molecule has 0 saturated carbocycles. The Morgan fingerprint density at radius 3 is 2.65 bits per heavy atom. The van der Waals surface area contributed by atoms with E-state index in [1.807, 2.05) is 6.92 Å². The van der Waals surface area contributed by atoms with Crippen molar-refractivity contribution < 1.29 is 13.3 Å². The Bertz CT molecular complexity index is 750. The van der Waals surface area contributed by atoms with Crippen LogP contribution in [0.5, 0.6) is 0 Å². The molecule has 0 saturated heterocycles. The zero-order valence-electron chi connectivity index (χ0n) is 10.1. The Morgan fingerprint density at radius 2 is 2.15 bits per heavy atom. The van der Waals surface area contributed by atoms with E-state index in [9.17, 15) is 18.5 Å². The predicted molar refractivity (Wildman–Crippen MR) is 75.5 cm³/mol. The van der Waals surface area contributed by atoms with Gasteiger partial charge in [0, 0.05) is 6.07 Å². The van der Waals surface area contributed by atoms with Crippen LogP contribution in [-0.4, -0.2) is 23.5 Å². The second-order valence-corrected chi connectivity index (χ2v) is 7.59. The summed E-state index contributed by atoms with van der Waals surface area (Å²) in [6, 6.07) is 0.921. The molecule has 2 rings (SSSR count). The maximum Gasteiger partial charge on any atom is 0.304 e. The summed E-state index contributed by atoms with van der Waals surface area (Å²) in [6.45, 7) is 1.86. The SMILES string of the molecule is CCc1nnc(NS(=O)(=O)c2cc([N+](=O)[O-])c(N)s2)s1. The van der Waals surface area contributed by atoms with E-state index in [1.54, 1.807) is 0 Å². The van der Waals surface area contributed by atoms with Crippen LogP contribution in [0, 0.1) is 10.1 Å². The van der Waals surface area contributed by atoms with Gasteiger partial charge in [-0.05, 0) is 6.42 Å². The molecule has 2 heterocycles. The van der Waals surface area contributed by atoms with Crippen LogP contribution in [0.1, 0.15) is 11.9 Å². The van der Waals surface area contributed by atoms with Crippen molar-refractivity contribution in [2.24, 2.45) is 0 Å². The quantitative estimate of drug-likeness (QED) is 0.622. The van der Waals surface area contributed by atoms with E-state index >= 15 is 0 Å². The Morgan fingerprint density at radius 1 is 1.45 bits per heavy atom. The van der Waals surface area contributed by atoms with E-state index in [4.69, 9.17) is 5.73 Å². The van der Waals surface area contributed by atoms with Crippen LogP contribution < -0.4 is 10.5 Å². The van der Waals surface area contributed by atoms with Crippen LogP contribution >= 0.6 is 22.7 Å². The zero-order valence-corrected chi connectivity index (χ0v) is 12.5. The Balaban J connectivity index is 2.30. The van der Waals surface area contributed by atoms with Crippen molar-refractivity contribution in [3.63, 3.8) is 0 Å². The summed E-state index contributed by atoms with van der Waals surface area (Å²) >= 11 is 1.72. The number of anilines is 2. The fourth-order valence-electron chi connectivity index (χ4n) is 1.25. The molecule has 0 aliphatic carbocycles. The summed E-state index contributed by atoms with van der Waals surface area (Å²) in [5.41, 5.74) is 4.99. The average Bonchev–Trinajstić information content (AvgIpc) is 2.95. The van der Waals surface area contributed by atoms with E-state index in [-0.39, 0.29) is 14.3 Å². The van der Waals surface area contributed by atoms with E-state index in [1.165, 1.54) is 0 Å². The lowest BCUT2D eigenvalue weighted by Crippen LogP contribution is -2.11. The maximum atomic E-state index is 12.0. The first-order valence-corrected chi connectivity index (χ1v) is 8.34. The summed E-state index contributed by atoms with van der Waals surface area (Å²) in [4.78, 5) is 9.93. The summed E-state index contributed by atoms with van der Waals surface area (Å²) in [5.74, 6) is 0. The molecule has 9 nitrogen and oxygen atoms in total. The number of rotatable bonds is 5. The minimum atomic E-state index is -3.95. The summed E-state index contributed by atoms with van der Waals surface area (Å²) in [5, 5.41) is 18.7. The topological polar surface area (TPSA) is 141 Å². The summed E-state index contributed by atoms with van der Waals surface area (Å²) < 4.78 is 26.1. The van der Waals surface area contributed by atoms with Crippen molar-refractivity contribution in [3.05, 3.63) is 21.2 Å². The molecule has 2 aromatic rings. The van der Waals surface area contributed by atoms with Crippen molar-refractivity contribution in [1.82, 2.24) is 10.2 Å². The highest BCUT2D eigenvalue weighted by atomic mass is 32.2. The van der Waals surface area contributed by atoms with Gasteiger partial charge < -0.3 is 5.73 Å². The average molecular weight is 335 g/mol. The number of nitrogens with one attached hydrogen (secondary N) is 1. The van der Waals surface area contributed by atoms with Crippen LogP contribution in [0.25, 0.3) is 0 Å². The van der Waals surface area contributed by atoms with Crippen LogP contribution in [0.4, 0.5) is 15.8 Å². The van der Waals surface area contributed by atoms with Gasteiger partial charge in [-0.2, -0.15) is 0 Å². The number of hydrogen-bond acceptors (Lipinski definition) is 9. The Labute approximate surface area is 121 Å². The molecule has 0 spiro atoms. The third-order valence-electron chi connectivity index (χ3n) is 2.17. The fourth-order valence-corrected chi connectivity index (χ4v) is 4.37. The van der Waals surface area contributed by atoms with Crippen molar-refractivity contribution in [3.8, 4) is 0 Å². The molecule has 0 radical (unpaired) electrons. The lowest BCUT2D eigenvalue weighted by Gasteiger charge is -2.00. The number of thiophene rings is 1. The lowest BCUT2D eigenvalue weighted by molar-refractivity contribution is -0.383. The van der Waals surface area contributed by atoms with Crippen molar-refractivity contribution in [2.45, 2.75) is 17.6 Å². The maximum absolute atomic E-state index is 12.0.